The minimum Gasteiger partial charge on any atom is -0.373 e. The first-order chi connectivity index (χ1) is 11.8. The molecule has 3 rings (SSSR count). The monoisotopic (exact) mass is 398 g/mol. The average Bonchev–Trinajstić information content (AvgIpc) is 3.18. The number of alkyl halides is 3. The van der Waals surface area contributed by atoms with Crippen LogP contribution in [0.2, 0.25) is 0 Å². The van der Waals surface area contributed by atoms with E-state index in [4.69, 9.17) is 0 Å². The number of nitrogens with zero attached hydrogens (tertiary/aromatic N) is 1. The van der Waals surface area contributed by atoms with E-state index in [1.165, 1.54) is 0 Å². The topological polar surface area (TPSA) is 104 Å². The number of carbonyl (C=O) groups excluding carboxylic acids is 2. The summed E-state index contributed by atoms with van der Waals surface area (Å²) in [5, 5.41) is 11.2. The quantitative estimate of drug-likeness (QED) is 0.696. The van der Waals surface area contributed by atoms with E-state index in [1.807, 2.05) is 0 Å². The predicted molar refractivity (Wildman–Crippen MR) is 83.6 cm³/mol. The molecule has 26 heavy (non-hydrogen) atoms. The molecule has 2 aliphatic heterocycles. The van der Waals surface area contributed by atoms with Crippen LogP contribution in [0.5, 0.6) is 0 Å². The number of rotatable bonds is 3. The van der Waals surface area contributed by atoms with Crippen molar-refractivity contribution in [3.05, 3.63) is 0 Å². The van der Waals surface area contributed by atoms with Gasteiger partial charge < -0.3 is 15.3 Å². The molecule has 5 atom stereocenters. The Hall–Kier alpha value is -1.36. The normalized spacial score (nSPS) is 35.3. The summed E-state index contributed by atoms with van der Waals surface area (Å²) in [5.41, 5.74) is -3.45. The lowest BCUT2D eigenvalue weighted by molar-refractivity contribution is -0.250. The van der Waals surface area contributed by atoms with Crippen LogP contribution in [0.4, 0.5) is 13.2 Å². The zero-order valence-electron chi connectivity index (χ0n) is 14.1. The van der Waals surface area contributed by atoms with Crippen LogP contribution in [-0.2, 0) is 19.4 Å². The molecular weight excluding hydrogens is 377 g/mol. The van der Waals surface area contributed by atoms with Crippen molar-refractivity contribution in [2.24, 2.45) is 5.92 Å². The fourth-order valence-electron chi connectivity index (χ4n) is 4.14. The zero-order valence-corrected chi connectivity index (χ0v) is 14.9. The molecule has 0 radical (unpaired) electrons. The predicted octanol–water partition coefficient (Wildman–Crippen LogP) is -0.0175. The highest BCUT2D eigenvalue weighted by Gasteiger charge is 2.60. The van der Waals surface area contributed by atoms with Crippen molar-refractivity contribution in [1.82, 2.24) is 10.2 Å². The summed E-state index contributed by atoms with van der Waals surface area (Å²) in [5.74, 6) is -2.22. The van der Waals surface area contributed by atoms with Gasteiger partial charge in [-0.3, -0.25) is 9.59 Å². The lowest BCUT2D eigenvalue weighted by Crippen LogP contribution is -2.59. The largest absolute Gasteiger partial charge is 0.426 e. The number of halogens is 3. The van der Waals surface area contributed by atoms with Gasteiger partial charge in [0, 0.05) is 18.6 Å². The van der Waals surface area contributed by atoms with Gasteiger partial charge >= 0.3 is 6.18 Å². The van der Waals surface area contributed by atoms with E-state index in [2.05, 4.69) is 5.32 Å². The van der Waals surface area contributed by atoms with Gasteiger partial charge in [0.1, 0.15) is 5.25 Å². The van der Waals surface area contributed by atoms with Crippen LogP contribution in [0.15, 0.2) is 0 Å². The number of nitrogens with one attached hydrogen (secondary N) is 1. The fourth-order valence-corrected chi connectivity index (χ4v) is 5.92. The van der Waals surface area contributed by atoms with Crippen molar-refractivity contribution >= 4 is 21.7 Å². The summed E-state index contributed by atoms with van der Waals surface area (Å²) >= 11 is 0. The molecule has 0 aromatic rings. The molecule has 1 aliphatic carbocycles. The SMILES string of the molecule is CC(O)(C(=O)N1C[C@@H]2C[C@H]1C[C@H]2NC(=O)C1CCCS1(=O)=O)C(F)(F)F. The molecule has 3 aliphatic rings. The smallest absolute Gasteiger partial charge is 0.373 e. The second-order valence-corrected chi connectivity index (χ2v) is 9.83. The summed E-state index contributed by atoms with van der Waals surface area (Å²) in [4.78, 5) is 25.4. The Morgan fingerprint density at radius 2 is 1.88 bits per heavy atom. The first kappa shape index (κ1) is 19.4. The van der Waals surface area contributed by atoms with Gasteiger partial charge in [-0.25, -0.2) is 8.42 Å². The highest BCUT2D eigenvalue weighted by Crippen LogP contribution is 2.41. The van der Waals surface area contributed by atoms with Gasteiger partial charge in [0.2, 0.25) is 11.5 Å². The molecule has 0 aromatic carbocycles. The molecular formula is C15H21F3N2O5S. The van der Waals surface area contributed by atoms with Gasteiger partial charge in [-0.2, -0.15) is 13.2 Å². The summed E-state index contributed by atoms with van der Waals surface area (Å²) in [6.07, 6.45) is -3.69. The van der Waals surface area contributed by atoms with Crippen LogP contribution in [0.1, 0.15) is 32.6 Å². The highest BCUT2D eigenvalue weighted by molar-refractivity contribution is 7.93. The number of piperidine rings is 1. The second kappa shape index (κ2) is 6.08. The fraction of sp³-hybridized carbons (Fsp3) is 0.867. The number of likely N-dealkylation sites (tertiary alicyclic amines) is 1. The van der Waals surface area contributed by atoms with Gasteiger partial charge in [0.15, 0.2) is 9.84 Å². The van der Waals surface area contributed by atoms with Gasteiger partial charge in [0.25, 0.3) is 5.91 Å². The maximum absolute atomic E-state index is 12.9. The number of carbonyl (C=O) groups is 2. The van der Waals surface area contributed by atoms with Crippen molar-refractivity contribution in [3.63, 3.8) is 0 Å². The Kier molecular flexibility index (Phi) is 4.54. The van der Waals surface area contributed by atoms with Crippen molar-refractivity contribution in [2.45, 2.75) is 61.7 Å². The summed E-state index contributed by atoms with van der Waals surface area (Å²) < 4.78 is 62.3. The van der Waals surface area contributed by atoms with Crippen LogP contribution in [-0.4, -0.2) is 71.6 Å². The molecule has 2 saturated heterocycles. The van der Waals surface area contributed by atoms with E-state index in [9.17, 15) is 36.3 Å². The van der Waals surface area contributed by atoms with Gasteiger partial charge in [0.05, 0.1) is 5.75 Å². The zero-order chi connectivity index (χ0) is 19.5. The highest BCUT2D eigenvalue weighted by atomic mass is 32.2. The Labute approximate surface area is 148 Å². The van der Waals surface area contributed by atoms with E-state index in [-0.39, 0.29) is 37.1 Å². The number of hydrogen-bond acceptors (Lipinski definition) is 5. The lowest BCUT2D eigenvalue weighted by atomic mass is 9.99. The van der Waals surface area contributed by atoms with Crippen molar-refractivity contribution in [2.75, 3.05) is 12.3 Å². The molecule has 0 aromatic heterocycles. The molecule has 1 saturated carbocycles. The van der Waals surface area contributed by atoms with Gasteiger partial charge in [-0.15, -0.1) is 0 Å². The summed E-state index contributed by atoms with van der Waals surface area (Å²) in [6.45, 7) is 0.434. The van der Waals surface area contributed by atoms with Crippen molar-refractivity contribution in [3.8, 4) is 0 Å². The standard InChI is InChI=1S/C15H21F3N2O5S/c1-14(23,15(16,17)18)13(22)20-7-8-5-9(20)6-10(8)19-12(21)11-3-2-4-26(11,24)25/h8-11,23H,2-7H2,1H3,(H,19,21)/t8-,9-,10+,11?,14?/m0/s1. The Balaban J connectivity index is 1.62. The third-order valence-electron chi connectivity index (χ3n) is 5.72. The lowest BCUT2D eigenvalue weighted by Gasteiger charge is -2.37. The molecule has 2 unspecified atom stereocenters. The van der Waals surface area contributed by atoms with Crippen LogP contribution < -0.4 is 5.32 Å². The second-order valence-electron chi connectivity index (χ2n) is 7.53. The number of sulfone groups is 1. The first-order valence-electron chi connectivity index (χ1n) is 8.46. The minimum atomic E-state index is -5.07. The van der Waals surface area contributed by atoms with Crippen LogP contribution in [0.3, 0.4) is 0 Å². The Morgan fingerprint density at radius 3 is 2.35 bits per heavy atom. The number of fused-ring (bicyclic) bond motifs is 2. The Morgan fingerprint density at radius 1 is 1.23 bits per heavy atom. The molecule has 148 valence electrons. The summed E-state index contributed by atoms with van der Waals surface area (Å²) in [7, 11) is -3.44. The minimum absolute atomic E-state index is 0.00189. The van der Waals surface area contributed by atoms with Crippen LogP contribution >= 0.6 is 0 Å². The number of aliphatic hydroxyl groups is 1. The maximum Gasteiger partial charge on any atom is 0.426 e. The molecule has 0 spiro atoms. The molecule has 3 fully saturated rings. The van der Waals surface area contributed by atoms with Crippen molar-refractivity contribution in [1.29, 1.82) is 0 Å². The number of amides is 2. The molecule has 11 heteroatoms. The van der Waals surface area contributed by atoms with E-state index in [0.29, 0.717) is 19.8 Å². The van der Waals surface area contributed by atoms with Crippen molar-refractivity contribution < 1.29 is 36.3 Å². The van der Waals surface area contributed by atoms with Crippen LogP contribution in [0.25, 0.3) is 0 Å². The van der Waals surface area contributed by atoms with Gasteiger partial charge in [-0.1, -0.05) is 0 Å². The molecule has 7 nitrogen and oxygen atoms in total. The maximum atomic E-state index is 12.9. The molecule has 2 N–H and O–H groups in total. The summed E-state index contributed by atoms with van der Waals surface area (Å²) in [6, 6.07) is -0.880. The Bertz CT molecular complexity index is 721. The molecule has 2 bridgehead atoms. The van der Waals surface area contributed by atoms with E-state index in [0.717, 1.165) is 4.90 Å². The van der Waals surface area contributed by atoms with E-state index < -0.39 is 44.7 Å². The molecule has 2 heterocycles. The average molecular weight is 398 g/mol. The number of hydrogen-bond donors (Lipinski definition) is 2. The molecule has 2 amide bonds. The van der Waals surface area contributed by atoms with Gasteiger partial charge in [-0.05, 0) is 38.5 Å². The third kappa shape index (κ3) is 3.08. The first-order valence-corrected chi connectivity index (χ1v) is 10.2. The van der Waals surface area contributed by atoms with E-state index in [1.54, 1.807) is 0 Å². The third-order valence-corrected chi connectivity index (χ3v) is 7.89. The van der Waals surface area contributed by atoms with E-state index >= 15 is 0 Å². The van der Waals surface area contributed by atoms with Crippen LogP contribution in [0, 0.1) is 5.92 Å².